The summed E-state index contributed by atoms with van der Waals surface area (Å²) in [6.07, 6.45) is 0. The topological polar surface area (TPSA) is 46.9 Å². The molecule has 0 spiro atoms. The molecule has 0 atom stereocenters. The van der Waals surface area contributed by atoms with Gasteiger partial charge in [-0.3, -0.25) is 0 Å². The molecule has 0 saturated carbocycles. The van der Waals surface area contributed by atoms with E-state index in [0.717, 1.165) is 10.5 Å². The van der Waals surface area contributed by atoms with Crippen LogP contribution in [0.4, 0.5) is 0 Å². The molecule has 1 N–H and O–H groups in total. The average molecular weight is 256 g/mol. The maximum atomic E-state index is 9.11. The minimum atomic E-state index is -0.583. The first-order valence-corrected chi connectivity index (χ1v) is 7.08. The second-order valence-electron chi connectivity index (χ2n) is 2.97. The number of hydrogen-bond acceptors (Lipinski definition) is 2. The third kappa shape index (κ3) is 12.9. The van der Waals surface area contributed by atoms with Gasteiger partial charge in [0.1, 0.15) is 10.5 Å². The fourth-order valence-electron chi connectivity index (χ4n) is 0.544. The minimum Gasteiger partial charge on any atom is -0.862 e. The zero-order chi connectivity index (χ0) is 10.3. The summed E-state index contributed by atoms with van der Waals surface area (Å²) in [6.45, 7) is 10.2. The first kappa shape index (κ1) is 14.8. The van der Waals surface area contributed by atoms with Crippen LogP contribution < -0.4 is 5.11 Å². The summed E-state index contributed by atoms with van der Waals surface area (Å²) in [5.41, 5.74) is 0. The van der Waals surface area contributed by atoms with Gasteiger partial charge in [-0.15, -0.1) is 0 Å². The van der Waals surface area contributed by atoms with Crippen LogP contribution in [0.25, 0.3) is 0 Å². The van der Waals surface area contributed by atoms with Gasteiger partial charge in [0, 0.05) is 0 Å². The van der Waals surface area contributed by atoms with Gasteiger partial charge >= 0.3 is 0 Å². The molecule has 0 saturated heterocycles. The Bertz CT molecular complexity index is 116. The van der Waals surface area contributed by atoms with E-state index in [1.54, 1.807) is 0 Å². The molecule has 2 nitrogen and oxygen atoms in total. The molecule has 0 fully saturated rings. The van der Waals surface area contributed by atoms with Crippen molar-refractivity contribution in [2.24, 2.45) is 0 Å². The van der Waals surface area contributed by atoms with E-state index in [2.05, 4.69) is 42.5 Å². The highest BCUT2D eigenvalue weighted by Gasteiger charge is 2.23. The SMILES string of the molecule is CC(=N)[O-].CC(C)[S+](Br)C(C)C. The molecule has 0 aromatic heterocycles. The highest BCUT2D eigenvalue weighted by atomic mass is 79.9. The summed E-state index contributed by atoms with van der Waals surface area (Å²) < 4.78 is 0. The van der Waals surface area contributed by atoms with Crippen molar-refractivity contribution in [1.82, 2.24) is 0 Å². The molecule has 12 heavy (non-hydrogen) atoms. The third-order valence-electron chi connectivity index (χ3n) is 0.901. The van der Waals surface area contributed by atoms with E-state index in [-0.39, 0.29) is 0 Å². The Hall–Kier alpha value is 0.300. The first-order valence-electron chi connectivity index (χ1n) is 3.89. The maximum absolute atomic E-state index is 9.11. The Morgan fingerprint density at radius 1 is 1.25 bits per heavy atom. The fraction of sp³-hybridized carbons (Fsp3) is 0.875. The predicted octanol–water partition coefficient (Wildman–Crippen LogP) is 2.08. The Morgan fingerprint density at radius 3 is 1.42 bits per heavy atom. The van der Waals surface area contributed by atoms with E-state index in [4.69, 9.17) is 10.5 Å². The first-order chi connectivity index (χ1) is 5.29. The largest absolute Gasteiger partial charge is 0.862 e. The lowest BCUT2D eigenvalue weighted by Gasteiger charge is -2.05. The van der Waals surface area contributed by atoms with Gasteiger partial charge < -0.3 is 10.5 Å². The van der Waals surface area contributed by atoms with E-state index < -0.39 is 5.90 Å². The van der Waals surface area contributed by atoms with Crippen molar-refractivity contribution in [3.8, 4) is 0 Å². The molecule has 0 bridgehead atoms. The van der Waals surface area contributed by atoms with Crippen LogP contribution in [0.1, 0.15) is 34.6 Å². The highest BCUT2D eigenvalue weighted by Crippen LogP contribution is 2.18. The summed E-state index contributed by atoms with van der Waals surface area (Å²) >= 11 is 3.63. The van der Waals surface area contributed by atoms with Crippen LogP contribution in [0.5, 0.6) is 0 Å². The Morgan fingerprint density at radius 2 is 1.42 bits per heavy atom. The molecule has 0 radical (unpaired) electrons. The minimum absolute atomic E-state index is 0.439. The third-order valence-corrected chi connectivity index (χ3v) is 7.19. The van der Waals surface area contributed by atoms with Crippen LogP contribution in [0.3, 0.4) is 0 Å². The number of nitrogens with one attached hydrogen (secondary N) is 1. The molecular weight excluding hydrogens is 238 g/mol. The monoisotopic (exact) mass is 255 g/mol. The predicted molar refractivity (Wildman–Crippen MR) is 60.0 cm³/mol. The van der Waals surface area contributed by atoms with Crippen molar-refractivity contribution in [2.75, 3.05) is 0 Å². The second kappa shape index (κ2) is 7.92. The van der Waals surface area contributed by atoms with Gasteiger partial charge in [0.25, 0.3) is 0 Å². The standard InChI is InChI=1S/C6H14BrS.C2H5NO/c1-5(2)8(7)6(3)4;1-2(3)4/h5-6H,1-4H3;1H3,(H2,3,4)/q+1;/p-1. The van der Waals surface area contributed by atoms with Crippen LogP contribution in [-0.2, 0) is 9.33 Å². The molecule has 0 unspecified atom stereocenters. The number of hydrogen-bond donors (Lipinski definition) is 1. The van der Waals surface area contributed by atoms with Gasteiger partial charge in [-0.25, -0.2) is 0 Å². The van der Waals surface area contributed by atoms with Crippen molar-refractivity contribution in [3.63, 3.8) is 0 Å². The molecule has 0 aliphatic carbocycles. The lowest BCUT2D eigenvalue weighted by molar-refractivity contribution is -0.217. The molecule has 0 aliphatic rings. The Labute approximate surface area is 85.8 Å². The fourth-order valence-corrected chi connectivity index (χ4v) is 1.63. The van der Waals surface area contributed by atoms with Crippen LogP contribution in [0, 0.1) is 5.41 Å². The summed E-state index contributed by atoms with van der Waals surface area (Å²) in [5.74, 6) is -0.583. The van der Waals surface area contributed by atoms with Crippen LogP contribution in [0.15, 0.2) is 0 Å². The highest BCUT2D eigenvalue weighted by molar-refractivity contribution is 9.48. The zero-order valence-corrected chi connectivity index (χ0v) is 10.8. The lowest BCUT2D eigenvalue weighted by Crippen LogP contribution is -2.16. The molecule has 0 heterocycles. The number of rotatable bonds is 2. The van der Waals surface area contributed by atoms with Gasteiger partial charge in [-0.2, -0.15) is 0 Å². The molecule has 4 heteroatoms. The average Bonchev–Trinajstić information content (AvgIpc) is 1.84. The maximum Gasteiger partial charge on any atom is 0.232 e. The summed E-state index contributed by atoms with van der Waals surface area (Å²) in [7, 11) is 0.439. The smallest absolute Gasteiger partial charge is 0.232 e. The molecule has 0 aromatic carbocycles. The molecule has 0 amide bonds. The second-order valence-corrected chi connectivity index (χ2v) is 7.73. The molecule has 0 aromatic rings. The van der Waals surface area contributed by atoms with Crippen molar-refractivity contribution in [1.29, 1.82) is 5.41 Å². The van der Waals surface area contributed by atoms with Crippen LogP contribution in [0.2, 0.25) is 0 Å². The van der Waals surface area contributed by atoms with E-state index in [1.807, 2.05) is 0 Å². The normalized spacial score (nSPS) is 10.1. The summed E-state index contributed by atoms with van der Waals surface area (Å²) in [5, 5.41) is 16.6. The van der Waals surface area contributed by atoms with Crippen molar-refractivity contribution in [2.45, 2.75) is 45.1 Å². The van der Waals surface area contributed by atoms with Crippen molar-refractivity contribution >= 4 is 30.0 Å². The lowest BCUT2D eigenvalue weighted by atomic mass is 10.6. The van der Waals surface area contributed by atoms with Gasteiger partial charge in [0.15, 0.2) is 0 Å². The van der Waals surface area contributed by atoms with E-state index in [0.29, 0.717) is 9.33 Å². The van der Waals surface area contributed by atoms with E-state index in [9.17, 15) is 0 Å². The van der Waals surface area contributed by atoms with Gasteiger partial charge in [0.05, 0.1) is 9.33 Å². The molecule has 0 aliphatic heterocycles. The van der Waals surface area contributed by atoms with Gasteiger partial charge in [-0.05, 0) is 40.5 Å². The van der Waals surface area contributed by atoms with E-state index >= 15 is 0 Å². The molecule has 74 valence electrons. The molecule has 0 rings (SSSR count). The zero-order valence-electron chi connectivity index (χ0n) is 8.35. The number of halogens is 1. The quantitative estimate of drug-likeness (QED) is 0.459. The van der Waals surface area contributed by atoms with Gasteiger partial charge in [0.2, 0.25) is 14.8 Å². The molecular formula is C8H18BrNOS. The van der Waals surface area contributed by atoms with Crippen LogP contribution >= 0.6 is 14.8 Å². The Kier molecular flexibility index (Phi) is 9.78. The van der Waals surface area contributed by atoms with Crippen LogP contribution in [-0.4, -0.2) is 16.4 Å². The van der Waals surface area contributed by atoms with E-state index in [1.165, 1.54) is 6.92 Å². The van der Waals surface area contributed by atoms with Gasteiger partial charge in [-0.1, -0.05) is 0 Å². The summed E-state index contributed by atoms with van der Waals surface area (Å²) in [4.78, 5) is 0. The van der Waals surface area contributed by atoms with Crippen molar-refractivity contribution in [3.05, 3.63) is 0 Å². The summed E-state index contributed by atoms with van der Waals surface area (Å²) in [6, 6.07) is 0. The Balaban J connectivity index is 0. The van der Waals surface area contributed by atoms with Crippen molar-refractivity contribution < 1.29 is 5.11 Å².